The second kappa shape index (κ2) is 5.51. The third kappa shape index (κ3) is 2.48. The second-order valence-corrected chi connectivity index (χ2v) is 7.96. The van der Waals surface area contributed by atoms with Crippen LogP contribution in [0, 0.1) is 11.3 Å². The van der Waals surface area contributed by atoms with Crippen molar-refractivity contribution in [1.82, 2.24) is 19.7 Å². The molecule has 27 heavy (non-hydrogen) atoms. The monoisotopic (exact) mass is 360 g/mol. The van der Waals surface area contributed by atoms with Crippen molar-refractivity contribution in [2.45, 2.75) is 37.2 Å². The Balaban J connectivity index is 1.55. The van der Waals surface area contributed by atoms with E-state index in [0.717, 1.165) is 41.5 Å². The summed E-state index contributed by atoms with van der Waals surface area (Å²) in [5.74, 6) is 1.46. The van der Waals surface area contributed by atoms with E-state index in [1.54, 1.807) is 4.68 Å². The number of hydrogen-bond donors (Lipinski definition) is 1. The van der Waals surface area contributed by atoms with Gasteiger partial charge in [0.05, 0.1) is 28.8 Å². The van der Waals surface area contributed by atoms with Crippen LogP contribution in [0.2, 0.25) is 0 Å². The zero-order chi connectivity index (χ0) is 18.6. The minimum Gasteiger partial charge on any atom is -0.386 e. The quantitative estimate of drug-likeness (QED) is 0.771. The lowest BCUT2D eigenvalue weighted by molar-refractivity contribution is 0.0305. The van der Waals surface area contributed by atoms with Crippen molar-refractivity contribution in [2.75, 3.05) is 18.0 Å². The molecule has 0 radical (unpaired) electrons. The zero-order valence-corrected chi connectivity index (χ0v) is 15.1. The van der Waals surface area contributed by atoms with E-state index in [2.05, 4.69) is 27.2 Å². The van der Waals surface area contributed by atoms with E-state index in [1.165, 1.54) is 6.33 Å². The summed E-state index contributed by atoms with van der Waals surface area (Å²) in [5.41, 5.74) is 0.976. The summed E-state index contributed by atoms with van der Waals surface area (Å²) >= 11 is 0. The lowest BCUT2D eigenvalue weighted by atomic mass is 9.65. The molecule has 1 aliphatic heterocycles. The first kappa shape index (κ1) is 16.2. The Hall–Kier alpha value is -2.98. The van der Waals surface area contributed by atoms with Gasteiger partial charge in [0.15, 0.2) is 5.82 Å². The van der Waals surface area contributed by atoms with Gasteiger partial charge in [0.1, 0.15) is 12.1 Å². The molecule has 0 spiro atoms. The van der Waals surface area contributed by atoms with Gasteiger partial charge in [-0.25, -0.2) is 14.6 Å². The van der Waals surface area contributed by atoms with Crippen molar-refractivity contribution in [2.24, 2.45) is 0 Å². The Labute approximate surface area is 156 Å². The lowest BCUT2D eigenvalue weighted by Gasteiger charge is -2.44. The van der Waals surface area contributed by atoms with E-state index in [-0.39, 0.29) is 5.41 Å². The Kier molecular flexibility index (Phi) is 3.31. The largest absolute Gasteiger partial charge is 0.386 e. The molecule has 0 amide bonds. The molecule has 2 aromatic heterocycles. The number of fused-ring (bicyclic) bond motifs is 1. The van der Waals surface area contributed by atoms with Crippen LogP contribution < -0.4 is 4.90 Å². The Morgan fingerprint density at radius 2 is 1.93 bits per heavy atom. The van der Waals surface area contributed by atoms with Crippen LogP contribution >= 0.6 is 0 Å². The molecule has 0 unspecified atom stereocenters. The SMILES string of the molecule is CC1(O)CN(c2cc(-n3ncc4ccc(C5(C#N)CCC5)cc43)ncn2)C1. The Morgan fingerprint density at radius 1 is 1.15 bits per heavy atom. The highest BCUT2D eigenvalue weighted by molar-refractivity contribution is 5.81. The fourth-order valence-electron chi connectivity index (χ4n) is 4.06. The first-order valence-electron chi connectivity index (χ1n) is 9.19. The molecule has 7 nitrogen and oxygen atoms in total. The number of nitriles is 1. The maximum Gasteiger partial charge on any atom is 0.159 e. The number of aromatic nitrogens is 4. The lowest BCUT2D eigenvalue weighted by Crippen LogP contribution is -2.60. The highest BCUT2D eigenvalue weighted by Gasteiger charge is 2.39. The first-order valence-corrected chi connectivity index (χ1v) is 9.19. The molecule has 136 valence electrons. The Bertz CT molecular complexity index is 1070. The second-order valence-electron chi connectivity index (χ2n) is 7.96. The van der Waals surface area contributed by atoms with Gasteiger partial charge >= 0.3 is 0 Å². The van der Waals surface area contributed by atoms with Crippen molar-refractivity contribution >= 4 is 16.7 Å². The van der Waals surface area contributed by atoms with Crippen LogP contribution in [0.1, 0.15) is 31.7 Å². The van der Waals surface area contributed by atoms with Gasteiger partial charge < -0.3 is 10.0 Å². The number of nitrogens with zero attached hydrogens (tertiary/aromatic N) is 6. The smallest absolute Gasteiger partial charge is 0.159 e. The highest BCUT2D eigenvalue weighted by atomic mass is 16.3. The third-order valence-electron chi connectivity index (χ3n) is 5.79. The number of β-amino-alcohol motifs (C(OH)–C–C–N with tert-alkyl or cyclic N) is 1. The third-order valence-corrected chi connectivity index (χ3v) is 5.79. The predicted molar refractivity (Wildman–Crippen MR) is 101 cm³/mol. The van der Waals surface area contributed by atoms with Crippen LogP contribution in [0.15, 0.2) is 36.8 Å². The van der Waals surface area contributed by atoms with E-state index < -0.39 is 5.60 Å². The summed E-state index contributed by atoms with van der Waals surface area (Å²) in [7, 11) is 0. The molecular weight excluding hydrogens is 340 g/mol. The Morgan fingerprint density at radius 3 is 2.59 bits per heavy atom. The summed E-state index contributed by atoms with van der Waals surface area (Å²) in [6.07, 6.45) is 6.26. The van der Waals surface area contributed by atoms with Gasteiger partial charge in [-0.15, -0.1) is 0 Å². The van der Waals surface area contributed by atoms with Gasteiger partial charge in [-0.3, -0.25) is 0 Å². The maximum absolute atomic E-state index is 9.97. The summed E-state index contributed by atoms with van der Waals surface area (Å²) < 4.78 is 1.80. The van der Waals surface area contributed by atoms with Crippen LogP contribution in [0.25, 0.3) is 16.7 Å². The van der Waals surface area contributed by atoms with E-state index in [0.29, 0.717) is 18.9 Å². The van der Waals surface area contributed by atoms with Gasteiger partial charge in [-0.1, -0.05) is 12.1 Å². The molecule has 1 aliphatic carbocycles. The first-order chi connectivity index (χ1) is 13.0. The molecule has 1 N–H and O–H groups in total. The van der Waals surface area contributed by atoms with Gasteiger partial charge in [0, 0.05) is 24.5 Å². The van der Waals surface area contributed by atoms with Crippen LogP contribution in [0.4, 0.5) is 5.82 Å². The van der Waals surface area contributed by atoms with Crippen molar-refractivity contribution in [3.8, 4) is 11.9 Å². The van der Waals surface area contributed by atoms with Crippen molar-refractivity contribution in [3.05, 3.63) is 42.4 Å². The summed E-state index contributed by atoms with van der Waals surface area (Å²) in [6, 6.07) is 10.5. The molecule has 0 bridgehead atoms. The summed E-state index contributed by atoms with van der Waals surface area (Å²) in [6.45, 7) is 2.93. The number of anilines is 1. The van der Waals surface area contributed by atoms with Crippen molar-refractivity contribution in [1.29, 1.82) is 5.26 Å². The van der Waals surface area contributed by atoms with E-state index >= 15 is 0 Å². The molecule has 2 aliphatic rings. The number of aliphatic hydroxyl groups is 1. The highest BCUT2D eigenvalue weighted by Crippen LogP contribution is 2.43. The topological polar surface area (TPSA) is 90.9 Å². The molecule has 1 aromatic carbocycles. The number of rotatable bonds is 3. The molecule has 7 heteroatoms. The van der Waals surface area contributed by atoms with E-state index in [4.69, 9.17) is 0 Å². The molecule has 0 atom stereocenters. The minimum absolute atomic E-state index is 0.358. The van der Waals surface area contributed by atoms with Gasteiger partial charge in [-0.05, 0) is 37.8 Å². The molecule has 1 saturated heterocycles. The molecule has 5 rings (SSSR count). The maximum atomic E-state index is 9.97. The van der Waals surface area contributed by atoms with Crippen LogP contribution in [-0.4, -0.2) is 43.5 Å². The molecule has 1 saturated carbocycles. The van der Waals surface area contributed by atoms with Crippen LogP contribution in [-0.2, 0) is 5.41 Å². The van der Waals surface area contributed by atoms with E-state index in [9.17, 15) is 10.4 Å². The van der Waals surface area contributed by atoms with Crippen molar-refractivity contribution < 1.29 is 5.11 Å². The van der Waals surface area contributed by atoms with Crippen LogP contribution in [0.3, 0.4) is 0 Å². The van der Waals surface area contributed by atoms with Crippen molar-refractivity contribution in [3.63, 3.8) is 0 Å². The van der Waals surface area contributed by atoms with Gasteiger partial charge in [0.2, 0.25) is 0 Å². The average Bonchev–Trinajstić information content (AvgIpc) is 3.03. The molecule has 3 heterocycles. The zero-order valence-electron chi connectivity index (χ0n) is 15.1. The number of hydrogen-bond acceptors (Lipinski definition) is 6. The minimum atomic E-state index is -0.660. The number of benzene rings is 1. The molecular formula is C20H20N6O. The van der Waals surface area contributed by atoms with Gasteiger partial charge in [0.25, 0.3) is 0 Å². The summed E-state index contributed by atoms with van der Waals surface area (Å²) in [4.78, 5) is 10.7. The average molecular weight is 360 g/mol. The van der Waals surface area contributed by atoms with Gasteiger partial charge in [-0.2, -0.15) is 10.4 Å². The van der Waals surface area contributed by atoms with E-state index in [1.807, 2.05) is 36.2 Å². The fraction of sp³-hybridized carbons (Fsp3) is 0.400. The fourth-order valence-corrected chi connectivity index (χ4v) is 4.06. The normalized spacial score (nSPS) is 20.0. The predicted octanol–water partition coefficient (Wildman–Crippen LogP) is 2.33. The molecule has 2 fully saturated rings. The standard InChI is InChI=1S/C20H20N6O/c1-19(27)11-25(12-19)17-8-18(23-13-22-17)26-16-7-15(4-3-14(16)9-24-26)20(10-21)5-2-6-20/h3-4,7-9,13,27H,2,5-6,11-12H2,1H3. The molecule has 3 aromatic rings. The summed E-state index contributed by atoms with van der Waals surface area (Å²) in [5, 5.41) is 25.1. The van der Waals surface area contributed by atoms with Crippen LogP contribution in [0.5, 0.6) is 0 Å².